The first kappa shape index (κ1) is 57.0. The Morgan fingerprint density at radius 2 is 1.38 bits per heavy atom. The van der Waals surface area contributed by atoms with Gasteiger partial charge in [-0.2, -0.15) is 4.58 Å². The monoisotopic (exact) mass is 994 g/mol. The van der Waals surface area contributed by atoms with Gasteiger partial charge in [-0.15, -0.1) is 0 Å². The van der Waals surface area contributed by atoms with Crippen LogP contribution in [0.2, 0.25) is 0 Å². The molecule has 0 saturated heterocycles. The van der Waals surface area contributed by atoms with E-state index in [2.05, 4.69) is 48.5 Å². The number of ether oxygens (including phenoxy) is 1. The molecule has 2 amide bonds. The molecular formula is C53H79N5O9S2. The summed E-state index contributed by atoms with van der Waals surface area (Å²) in [5.74, 6) is 0.0197. The summed E-state index contributed by atoms with van der Waals surface area (Å²) in [5, 5.41) is 5.88. The molecule has 69 heavy (non-hydrogen) atoms. The predicted octanol–water partition coefficient (Wildman–Crippen LogP) is 8.08. The first-order valence-corrected chi connectivity index (χ1v) is 27.8. The van der Waals surface area contributed by atoms with Crippen LogP contribution in [0.5, 0.6) is 0 Å². The van der Waals surface area contributed by atoms with Crippen LogP contribution in [0.4, 0.5) is 16.2 Å². The van der Waals surface area contributed by atoms with E-state index in [4.69, 9.17) is 4.74 Å². The Labute approximate surface area is 413 Å². The van der Waals surface area contributed by atoms with Crippen molar-refractivity contribution in [2.75, 3.05) is 51.2 Å². The van der Waals surface area contributed by atoms with Crippen LogP contribution >= 0.6 is 0 Å². The molecule has 0 spiro atoms. The normalized spacial score (nSPS) is 18.7. The third kappa shape index (κ3) is 16.5. The highest BCUT2D eigenvalue weighted by Crippen LogP contribution is 2.48. The lowest BCUT2D eigenvalue weighted by Gasteiger charge is -2.27. The van der Waals surface area contributed by atoms with Crippen molar-refractivity contribution in [1.29, 1.82) is 0 Å². The van der Waals surface area contributed by atoms with Gasteiger partial charge in [-0.05, 0) is 134 Å². The summed E-state index contributed by atoms with van der Waals surface area (Å²) in [6.45, 7) is 20.2. The number of carbonyl (C=O) groups excluding carboxylic acids is 2. The molecule has 382 valence electrons. The van der Waals surface area contributed by atoms with Crippen LogP contribution in [0.1, 0.15) is 143 Å². The molecular weight excluding hydrogens is 915 g/mol. The number of allylic oxidation sites excluding steroid dienone is 8. The highest BCUT2D eigenvalue weighted by molar-refractivity contribution is 7.86. The Bertz CT molecular complexity index is 2430. The van der Waals surface area contributed by atoms with E-state index in [9.17, 15) is 35.5 Å². The summed E-state index contributed by atoms with van der Waals surface area (Å²) >= 11 is 0. The number of nitrogens with zero attached hydrogens (tertiary/aromatic N) is 2. The van der Waals surface area contributed by atoms with E-state index in [0.717, 1.165) is 105 Å². The van der Waals surface area contributed by atoms with Crippen LogP contribution in [-0.4, -0.2) is 101 Å². The molecule has 3 N–H and O–H groups in total. The molecule has 5 rings (SSSR count). The van der Waals surface area contributed by atoms with Gasteiger partial charge in [0.25, 0.3) is 0 Å². The van der Waals surface area contributed by atoms with Crippen molar-refractivity contribution in [2.24, 2.45) is 0 Å². The molecule has 2 aromatic rings. The first-order chi connectivity index (χ1) is 32.7. The number of amides is 2. The van der Waals surface area contributed by atoms with Gasteiger partial charge >= 0.3 is 6.09 Å². The van der Waals surface area contributed by atoms with Crippen molar-refractivity contribution in [3.05, 3.63) is 95.8 Å². The van der Waals surface area contributed by atoms with E-state index < -0.39 is 31.1 Å². The molecule has 3 aliphatic rings. The molecule has 2 aromatic carbocycles. The highest BCUT2D eigenvalue weighted by Gasteiger charge is 2.43. The van der Waals surface area contributed by atoms with Crippen molar-refractivity contribution in [2.45, 2.75) is 159 Å². The van der Waals surface area contributed by atoms with Gasteiger partial charge in [-0.3, -0.25) is 4.79 Å². The van der Waals surface area contributed by atoms with Crippen LogP contribution in [0.3, 0.4) is 0 Å². The number of hydrogen-bond donors (Lipinski definition) is 3. The fourth-order valence-electron chi connectivity index (χ4n) is 9.41. The van der Waals surface area contributed by atoms with Gasteiger partial charge in [0.15, 0.2) is 5.71 Å². The lowest BCUT2D eigenvalue weighted by Crippen LogP contribution is -3.11. The maximum atomic E-state index is 12.6. The van der Waals surface area contributed by atoms with Crippen LogP contribution in [0, 0.1) is 0 Å². The van der Waals surface area contributed by atoms with E-state index in [1.165, 1.54) is 43.9 Å². The summed E-state index contributed by atoms with van der Waals surface area (Å²) in [5.41, 5.74) is 3.79. The minimum atomic E-state index is -4.66. The number of unbranched alkanes of at least 4 members (excludes halogenated alkanes) is 5. The average molecular weight is 994 g/mol. The summed E-state index contributed by atoms with van der Waals surface area (Å²) in [6, 6.07) is 8.96. The van der Waals surface area contributed by atoms with Gasteiger partial charge < -0.3 is 34.3 Å². The van der Waals surface area contributed by atoms with Crippen molar-refractivity contribution in [3.63, 3.8) is 0 Å². The number of alkyl carbamates (subject to hydrolysis) is 1. The highest BCUT2D eigenvalue weighted by atomic mass is 32.2. The van der Waals surface area contributed by atoms with Gasteiger partial charge in [0.05, 0.1) is 34.8 Å². The second-order valence-corrected chi connectivity index (χ2v) is 22.0. The van der Waals surface area contributed by atoms with Crippen molar-refractivity contribution >= 4 is 49.3 Å². The van der Waals surface area contributed by atoms with Crippen LogP contribution < -0.4 is 20.4 Å². The Hall–Kier alpha value is -4.61. The number of carbonyl (C=O) groups is 2. The fourth-order valence-corrected chi connectivity index (χ4v) is 10.4. The molecule has 0 aromatic heterocycles. The predicted molar refractivity (Wildman–Crippen MR) is 272 cm³/mol. The Morgan fingerprint density at radius 3 is 2.01 bits per heavy atom. The maximum absolute atomic E-state index is 12.6. The second-order valence-electron chi connectivity index (χ2n) is 19.2. The largest absolute Gasteiger partial charge is 0.744 e. The fraction of sp³-hybridized carbons (Fsp3) is 0.566. The molecule has 0 fully saturated rings. The lowest BCUT2D eigenvalue weighted by molar-refractivity contribution is -0.894. The van der Waals surface area contributed by atoms with Crippen LogP contribution in [0.25, 0.3) is 0 Å². The van der Waals surface area contributed by atoms with E-state index in [-0.39, 0.29) is 27.9 Å². The molecule has 1 unspecified atom stereocenters. The molecule has 0 bridgehead atoms. The average Bonchev–Trinajstić information content (AvgIpc) is 3.61. The van der Waals surface area contributed by atoms with Crippen molar-refractivity contribution in [3.8, 4) is 0 Å². The number of anilines is 1. The number of hydrogen-bond acceptors (Lipinski definition) is 10. The molecule has 0 radical (unpaired) electrons. The molecule has 14 nitrogen and oxygen atoms in total. The third-order valence-corrected chi connectivity index (χ3v) is 15.3. The Kier molecular flexibility index (Phi) is 21.9. The quantitative estimate of drug-likeness (QED) is 0.0342. The van der Waals surface area contributed by atoms with E-state index in [0.29, 0.717) is 32.5 Å². The molecule has 1 aliphatic carbocycles. The first-order valence-electron chi connectivity index (χ1n) is 25.0. The van der Waals surface area contributed by atoms with Crippen LogP contribution in [-0.2, 0) is 40.6 Å². The zero-order valence-corrected chi connectivity index (χ0v) is 44.0. The summed E-state index contributed by atoms with van der Waals surface area (Å²) in [6.07, 6.45) is 24.8. The number of benzene rings is 2. The number of nitrogens with one attached hydrogen (secondary N) is 3. The molecule has 2 heterocycles. The molecule has 16 heteroatoms. The molecule has 0 saturated carbocycles. The maximum Gasteiger partial charge on any atom is 0.407 e. The topological polar surface area (TPSA) is 193 Å². The van der Waals surface area contributed by atoms with Crippen LogP contribution in [0.15, 0.2) is 94.4 Å². The third-order valence-electron chi connectivity index (χ3n) is 13.6. The zero-order chi connectivity index (χ0) is 50.8. The van der Waals surface area contributed by atoms with E-state index in [1.54, 1.807) is 17.0 Å². The smallest absolute Gasteiger partial charge is 0.407 e. The SMILES string of the molecule is CC[NH+](CC)CC.C[N+]1=C(C=CC=CC=C2N(CCCCCC(=O)NCCCCCCNC(=O)OC3CC/C=C/CCC3)c3ccc(S(=O)(=O)[O-])cc3C2(C)C)C(C)(C)c2cc(S(=O)(=O)[O-])ccc21. The van der Waals surface area contributed by atoms with E-state index >= 15 is 0 Å². The lowest BCUT2D eigenvalue weighted by atomic mass is 9.81. The Balaban J connectivity index is 0.00000137. The molecule has 1 atom stereocenters. The Morgan fingerprint density at radius 1 is 0.768 bits per heavy atom. The van der Waals surface area contributed by atoms with Gasteiger partial charge in [0.1, 0.15) is 33.4 Å². The summed E-state index contributed by atoms with van der Waals surface area (Å²) in [4.78, 5) is 28.0. The number of quaternary nitrogens is 1. The summed E-state index contributed by atoms with van der Waals surface area (Å²) in [7, 11) is -7.37. The standard InChI is InChI=1S/C47H64N4O9S2.C6H15N/c1-46(2)38-33-36(61(54,55)56)26-28-40(38)50(5)42(46)23-15-11-16-24-43-47(3,4)39-34-37(62(57,58)59)27-29-41(39)51(43)32-20-12-17-25-44(52)48-30-18-9-10-19-31-49-45(53)60-35-21-13-7-6-8-14-22-35;1-4-7(5-2)6-3/h6-7,11,15-16,23-24,26-29,33-35H,8-10,12-14,17-22,25,30-32H2,1-5H3,(H3-,48,49,52,53,54,55,56,57,58,59);4-6H2,1-3H3/b7-6+;. The van der Waals surface area contributed by atoms with Gasteiger partial charge in [0.2, 0.25) is 11.6 Å². The van der Waals surface area contributed by atoms with Gasteiger partial charge in [-0.1, -0.05) is 63.5 Å². The number of fused-ring (bicyclic) bond motifs is 2. The zero-order valence-electron chi connectivity index (χ0n) is 42.4. The number of rotatable bonds is 22. The van der Waals surface area contributed by atoms with Crippen molar-refractivity contribution < 1.29 is 49.7 Å². The second kappa shape index (κ2) is 26.6. The van der Waals surface area contributed by atoms with Crippen molar-refractivity contribution in [1.82, 2.24) is 10.6 Å². The minimum absolute atomic E-state index is 0.0157. The van der Waals surface area contributed by atoms with Gasteiger partial charge in [-0.25, -0.2) is 21.6 Å². The van der Waals surface area contributed by atoms with E-state index in [1.807, 2.05) is 69.7 Å². The summed E-state index contributed by atoms with van der Waals surface area (Å²) < 4.78 is 78.7. The van der Waals surface area contributed by atoms with Gasteiger partial charge in [0, 0.05) is 60.6 Å². The minimum Gasteiger partial charge on any atom is -0.744 e. The molecule has 2 aliphatic heterocycles.